The van der Waals surface area contributed by atoms with Gasteiger partial charge < -0.3 is 5.32 Å². The maximum Gasteiger partial charge on any atom is 0.418 e. The highest BCUT2D eigenvalue weighted by Gasteiger charge is 2.33. The lowest BCUT2D eigenvalue weighted by Gasteiger charge is -2.15. The second-order valence-corrected chi connectivity index (χ2v) is 5.50. The van der Waals surface area contributed by atoms with Crippen LogP contribution in [0.1, 0.15) is 11.1 Å². The quantitative estimate of drug-likeness (QED) is 0.624. The van der Waals surface area contributed by atoms with Gasteiger partial charge in [0.25, 0.3) is 0 Å². The van der Waals surface area contributed by atoms with E-state index < -0.39 is 11.7 Å². The Morgan fingerprint density at radius 3 is 2.48 bits per heavy atom. The predicted octanol–water partition coefficient (Wildman–Crippen LogP) is 5.96. The largest absolute Gasteiger partial charge is 0.418 e. The minimum atomic E-state index is -4.45. The first-order valence-corrected chi connectivity index (χ1v) is 7.23. The van der Waals surface area contributed by atoms with Crippen LogP contribution in [-0.4, -0.2) is 4.98 Å². The third-order valence-corrected chi connectivity index (χ3v) is 4.02. The highest BCUT2D eigenvalue weighted by atomic mass is 35.5. The van der Waals surface area contributed by atoms with Crippen LogP contribution in [0.2, 0.25) is 5.02 Å². The van der Waals surface area contributed by atoms with Crippen LogP contribution in [0.5, 0.6) is 0 Å². The molecule has 0 aliphatic heterocycles. The lowest BCUT2D eigenvalue weighted by molar-refractivity contribution is -0.136. The minimum Gasteiger partial charge on any atom is -0.355 e. The molecule has 0 radical (unpaired) electrons. The van der Waals surface area contributed by atoms with E-state index >= 15 is 0 Å². The molecule has 0 amide bonds. The molecule has 23 heavy (non-hydrogen) atoms. The van der Waals surface area contributed by atoms with E-state index in [1.54, 1.807) is 24.3 Å². The molecule has 0 fully saturated rings. The summed E-state index contributed by atoms with van der Waals surface area (Å²) in [6.45, 7) is 1.84. The number of pyridine rings is 1. The molecule has 0 atom stereocenters. The zero-order valence-electron chi connectivity index (χ0n) is 12.1. The fraction of sp³-hybridized carbons (Fsp3) is 0.118. The molecule has 0 saturated heterocycles. The summed E-state index contributed by atoms with van der Waals surface area (Å²) in [5.41, 5.74) is 1.28. The Kier molecular flexibility index (Phi) is 3.90. The van der Waals surface area contributed by atoms with Gasteiger partial charge in [0, 0.05) is 28.0 Å². The average molecular weight is 337 g/mol. The van der Waals surface area contributed by atoms with Gasteiger partial charge in [-0.2, -0.15) is 13.2 Å². The zero-order chi connectivity index (χ0) is 16.6. The number of halogens is 4. The number of nitrogens with zero attached hydrogens (tertiary/aromatic N) is 1. The Morgan fingerprint density at radius 2 is 1.74 bits per heavy atom. The van der Waals surface area contributed by atoms with Crippen LogP contribution in [0, 0.1) is 6.92 Å². The van der Waals surface area contributed by atoms with E-state index in [0.29, 0.717) is 16.1 Å². The monoisotopic (exact) mass is 336 g/mol. The molecular formula is C17H12ClF3N2. The first kappa shape index (κ1) is 15.6. The molecule has 1 heterocycles. The SMILES string of the molecule is Cc1c(Cl)cccc1Nc1ccnc2c(C(F)(F)F)cccc12. The number of hydrogen-bond acceptors (Lipinski definition) is 2. The van der Waals surface area contributed by atoms with Crippen LogP contribution in [0.3, 0.4) is 0 Å². The third-order valence-electron chi connectivity index (χ3n) is 3.61. The van der Waals surface area contributed by atoms with Gasteiger partial charge in [0.15, 0.2) is 0 Å². The average Bonchev–Trinajstić information content (AvgIpc) is 2.50. The van der Waals surface area contributed by atoms with Crippen LogP contribution in [-0.2, 0) is 6.18 Å². The molecular weight excluding hydrogens is 325 g/mol. The number of anilines is 2. The van der Waals surface area contributed by atoms with Gasteiger partial charge in [-0.25, -0.2) is 0 Å². The Hall–Kier alpha value is -2.27. The van der Waals surface area contributed by atoms with Crippen molar-refractivity contribution in [3.05, 3.63) is 64.8 Å². The molecule has 2 aromatic carbocycles. The van der Waals surface area contributed by atoms with Gasteiger partial charge in [-0.05, 0) is 36.8 Å². The smallest absolute Gasteiger partial charge is 0.355 e. The topological polar surface area (TPSA) is 24.9 Å². The van der Waals surface area contributed by atoms with E-state index in [4.69, 9.17) is 11.6 Å². The number of para-hydroxylation sites is 1. The number of benzene rings is 2. The molecule has 3 rings (SSSR count). The van der Waals surface area contributed by atoms with E-state index in [9.17, 15) is 13.2 Å². The van der Waals surface area contributed by atoms with Crippen molar-refractivity contribution in [3.8, 4) is 0 Å². The highest BCUT2D eigenvalue weighted by molar-refractivity contribution is 6.31. The fourth-order valence-electron chi connectivity index (χ4n) is 2.40. The van der Waals surface area contributed by atoms with Gasteiger partial charge in [0.2, 0.25) is 0 Å². The van der Waals surface area contributed by atoms with Crippen molar-refractivity contribution in [2.75, 3.05) is 5.32 Å². The maximum atomic E-state index is 13.1. The minimum absolute atomic E-state index is 0.0790. The Labute approximate surface area is 135 Å². The van der Waals surface area contributed by atoms with Gasteiger partial charge >= 0.3 is 6.18 Å². The summed E-state index contributed by atoms with van der Waals surface area (Å²) < 4.78 is 39.3. The van der Waals surface area contributed by atoms with E-state index in [0.717, 1.165) is 17.3 Å². The second-order valence-electron chi connectivity index (χ2n) is 5.10. The molecule has 0 unspecified atom stereocenters. The normalized spacial score (nSPS) is 11.7. The van der Waals surface area contributed by atoms with Crippen molar-refractivity contribution in [2.45, 2.75) is 13.1 Å². The number of hydrogen-bond donors (Lipinski definition) is 1. The number of alkyl halides is 3. The third kappa shape index (κ3) is 2.97. The van der Waals surface area contributed by atoms with Gasteiger partial charge in [-0.1, -0.05) is 29.8 Å². The predicted molar refractivity (Wildman–Crippen MR) is 86.2 cm³/mol. The number of rotatable bonds is 2. The van der Waals surface area contributed by atoms with Gasteiger partial charge in [0.05, 0.1) is 11.1 Å². The number of fused-ring (bicyclic) bond motifs is 1. The molecule has 0 saturated carbocycles. The van der Waals surface area contributed by atoms with Crippen LogP contribution < -0.4 is 5.32 Å². The zero-order valence-corrected chi connectivity index (χ0v) is 12.8. The van der Waals surface area contributed by atoms with Crippen LogP contribution in [0.15, 0.2) is 48.7 Å². The molecule has 2 nitrogen and oxygen atoms in total. The van der Waals surface area contributed by atoms with Crippen molar-refractivity contribution in [3.63, 3.8) is 0 Å². The summed E-state index contributed by atoms with van der Waals surface area (Å²) >= 11 is 6.08. The molecule has 3 aromatic rings. The van der Waals surface area contributed by atoms with Crippen LogP contribution >= 0.6 is 11.6 Å². The first-order valence-electron chi connectivity index (χ1n) is 6.85. The number of nitrogens with one attached hydrogen (secondary N) is 1. The highest BCUT2D eigenvalue weighted by Crippen LogP contribution is 2.36. The molecule has 1 aromatic heterocycles. The van der Waals surface area contributed by atoms with Crippen LogP contribution in [0.4, 0.5) is 24.5 Å². The second kappa shape index (κ2) is 5.74. The van der Waals surface area contributed by atoms with Crippen molar-refractivity contribution >= 4 is 33.9 Å². The Bertz CT molecular complexity index is 875. The summed E-state index contributed by atoms with van der Waals surface area (Å²) in [6.07, 6.45) is -3.09. The van der Waals surface area contributed by atoms with Crippen molar-refractivity contribution in [2.24, 2.45) is 0 Å². The van der Waals surface area contributed by atoms with E-state index in [2.05, 4.69) is 10.3 Å². The molecule has 0 aliphatic rings. The fourth-order valence-corrected chi connectivity index (χ4v) is 2.58. The summed E-state index contributed by atoms with van der Waals surface area (Å²) in [4.78, 5) is 3.90. The van der Waals surface area contributed by atoms with Crippen molar-refractivity contribution < 1.29 is 13.2 Å². The summed E-state index contributed by atoms with van der Waals surface area (Å²) in [5.74, 6) is 0. The van der Waals surface area contributed by atoms with Crippen molar-refractivity contribution in [1.29, 1.82) is 0 Å². The van der Waals surface area contributed by atoms with Crippen molar-refractivity contribution in [1.82, 2.24) is 4.98 Å². The molecule has 118 valence electrons. The molecule has 1 N–H and O–H groups in total. The summed E-state index contributed by atoms with van der Waals surface area (Å²) in [5, 5.41) is 4.13. The van der Waals surface area contributed by atoms with E-state index in [1.165, 1.54) is 12.3 Å². The maximum absolute atomic E-state index is 13.1. The molecule has 0 spiro atoms. The lowest BCUT2D eigenvalue weighted by Crippen LogP contribution is -2.07. The summed E-state index contributed by atoms with van der Waals surface area (Å²) in [7, 11) is 0. The number of aromatic nitrogens is 1. The molecule has 0 aliphatic carbocycles. The van der Waals surface area contributed by atoms with E-state index in [-0.39, 0.29) is 5.52 Å². The lowest BCUT2D eigenvalue weighted by atomic mass is 10.1. The molecule has 0 bridgehead atoms. The van der Waals surface area contributed by atoms with Crippen LogP contribution in [0.25, 0.3) is 10.9 Å². The first-order chi connectivity index (χ1) is 10.9. The molecule has 6 heteroatoms. The van der Waals surface area contributed by atoms with Gasteiger partial charge in [0.1, 0.15) is 0 Å². The standard InChI is InChI=1S/C17H12ClF3N2/c1-10-13(18)6-3-7-14(10)23-15-8-9-22-16-11(15)4-2-5-12(16)17(19,20)21/h2-9H,1H3,(H,22,23). The van der Waals surface area contributed by atoms with Gasteiger partial charge in [-0.15, -0.1) is 0 Å². The Morgan fingerprint density at radius 1 is 1.00 bits per heavy atom. The Balaban J connectivity index is 2.14. The van der Waals surface area contributed by atoms with E-state index in [1.807, 2.05) is 13.0 Å². The summed E-state index contributed by atoms with van der Waals surface area (Å²) in [6, 6.07) is 11.0. The van der Waals surface area contributed by atoms with Gasteiger partial charge in [-0.3, -0.25) is 4.98 Å².